The van der Waals surface area contributed by atoms with E-state index < -0.39 is 0 Å². The summed E-state index contributed by atoms with van der Waals surface area (Å²) >= 11 is 0. The number of benzene rings is 3. The van der Waals surface area contributed by atoms with Gasteiger partial charge in [-0.1, -0.05) is 36.4 Å². The molecule has 8 aliphatic rings. The summed E-state index contributed by atoms with van der Waals surface area (Å²) in [5, 5.41) is 5.85. The van der Waals surface area contributed by atoms with E-state index in [9.17, 15) is 0 Å². The number of hydrogen-bond donors (Lipinski definition) is 0. The van der Waals surface area contributed by atoms with Crippen molar-refractivity contribution in [2.24, 2.45) is 35.5 Å². The second-order valence-electron chi connectivity index (χ2n) is 14.4. The van der Waals surface area contributed by atoms with Gasteiger partial charge in [0.15, 0.2) is 0 Å². The smallest absolute Gasteiger partial charge is 0.00388 e. The first-order valence-corrected chi connectivity index (χ1v) is 14.6. The zero-order valence-corrected chi connectivity index (χ0v) is 20.6. The minimum absolute atomic E-state index is 0.500. The van der Waals surface area contributed by atoms with Crippen LogP contribution < -0.4 is 0 Å². The van der Waals surface area contributed by atoms with E-state index in [0.29, 0.717) is 10.8 Å². The molecule has 0 radical (unpaired) electrons. The summed E-state index contributed by atoms with van der Waals surface area (Å²) in [5.41, 5.74) is 4.34. The minimum atomic E-state index is 0.500. The molecule has 0 heterocycles. The van der Waals surface area contributed by atoms with Gasteiger partial charge in [-0.2, -0.15) is 0 Å². The first-order valence-electron chi connectivity index (χ1n) is 14.6. The molecule has 0 unspecified atom stereocenters. The molecule has 0 saturated heterocycles. The molecule has 3 aromatic rings. The summed E-state index contributed by atoms with van der Waals surface area (Å²) in [5.74, 6) is 6.09. The molecular weight excluding hydrogens is 408 g/mol. The van der Waals surface area contributed by atoms with Gasteiger partial charge < -0.3 is 0 Å². The Morgan fingerprint density at radius 1 is 0.382 bits per heavy atom. The molecule has 0 aromatic heterocycles. The summed E-state index contributed by atoms with van der Waals surface area (Å²) in [6, 6.07) is 20.2. The fraction of sp³-hybridized carbons (Fsp3) is 0.588. The van der Waals surface area contributed by atoms with Crippen molar-refractivity contribution in [3.8, 4) is 0 Å². The van der Waals surface area contributed by atoms with E-state index in [1.807, 2.05) is 0 Å². The lowest BCUT2D eigenvalue weighted by molar-refractivity contribution is -0.00525. The highest BCUT2D eigenvalue weighted by atomic mass is 14.6. The van der Waals surface area contributed by atoms with Crippen LogP contribution in [0.3, 0.4) is 0 Å². The third kappa shape index (κ3) is 2.67. The Labute approximate surface area is 204 Å². The Bertz CT molecular complexity index is 1150. The molecule has 0 amide bonds. The first kappa shape index (κ1) is 19.4. The van der Waals surface area contributed by atoms with Crippen molar-refractivity contribution in [2.75, 3.05) is 0 Å². The molecule has 34 heavy (non-hydrogen) atoms. The molecule has 0 atom stereocenters. The Morgan fingerprint density at radius 2 is 0.706 bits per heavy atom. The molecule has 8 fully saturated rings. The third-order valence-electron chi connectivity index (χ3n) is 12.1. The van der Waals surface area contributed by atoms with E-state index in [4.69, 9.17) is 0 Å². The van der Waals surface area contributed by atoms with Crippen molar-refractivity contribution >= 4 is 21.5 Å². The van der Waals surface area contributed by atoms with E-state index in [1.165, 1.54) is 98.6 Å². The highest BCUT2D eigenvalue weighted by Gasteiger charge is 2.52. The fourth-order valence-electron chi connectivity index (χ4n) is 11.6. The van der Waals surface area contributed by atoms with E-state index in [0.717, 1.165) is 35.5 Å². The van der Waals surface area contributed by atoms with Gasteiger partial charge in [0.2, 0.25) is 0 Å². The Morgan fingerprint density at radius 3 is 1.03 bits per heavy atom. The topological polar surface area (TPSA) is 0 Å². The lowest BCUT2D eigenvalue weighted by atomic mass is 9.48. The van der Waals surface area contributed by atoms with Gasteiger partial charge in [0.25, 0.3) is 0 Å². The molecular formula is C34H38. The van der Waals surface area contributed by atoms with Crippen molar-refractivity contribution in [1.29, 1.82) is 0 Å². The van der Waals surface area contributed by atoms with E-state index in [1.54, 1.807) is 11.1 Å². The predicted molar refractivity (Wildman–Crippen MR) is 141 cm³/mol. The van der Waals surface area contributed by atoms with Gasteiger partial charge in [-0.3, -0.25) is 0 Å². The molecule has 11 rings (SSSR count). The minimum Gasteiger partial charge on any atom is -0.0578 e. The summed E-state index contributed by atoms with van der Waals surface area (Å²) in [6.07, 6.45) is 18.0. The van der Waals surface area contributed by atoms with Crippen molar-refractivity contribution in [3.05, 3.63) is 59.7 Å². The van der Waals surface area contributed by atoms with Gasteiger partial charge in [-0.25, -0.2) is 0 Å². The van der Waals surface area contributed by atoms with Crippen molar-refractivity contribution in [2.45, 2.75) is 87.9 Å². The van der Waals surface area contributed by atoms with Crippen LogP contribution in [0.2, 0.25) is 0 Å². The van der Waals surface area contributed by atoms with Crippen molar-refractivity contribution in [3.63, 3.8) is 0 Å². The maximum atomic E-state index is 2.61. The molecule has 8 saturated carbocycles. The highest BCUT2D eigenvalue weighted by molar-refractivity contribution is 5.98. The number of rotatable bonds is 2. The van der Waals surface area contributed by atoms with Gasteiger partial charge in [0, 0.05) is 0 Å². The molecule has 0 heteroatoms. The summed E-state index contributed by atoms with van der Waals surface area (Å²) in [7, 11) is 0. The number of fused-ring (bicyclic) bond motifs is 2. The molecule has 8 aliphatic carbocycles. The van der Waals surface area contributed by atoms with Gasteiger partial charge in [0.1, 0.15) is 0 Å². The first-order chi connectivity index (χ1) is 16.6. The molecule has 8 bridgehead atoms. The second kappa shape index (κ2) is 6.48. The third-order valence-corrected chi connectivity index (χ3v) is 12.1. The highest BCUT2D eigenvalue weighted by Crippen LogP contribution is 2.62. The monoisotopic (exact) mass is 446 g/mol. The van der Waals surface area contributed by atoms with Crippen LogP contribution >= 0.6 is 0 Å². The number of hydrogen-bond acceptors (Lipinski definition) is 0. The summed E-state index contributed by atoms with van der Waals surface area (Å²) < 4.78 is 0. The standard InChI is InChI=1S/C34H38/c1-3-31(33-15-21-5-22(16-33)7-23(6-21)17-33)13-29-12-28-2-4-32(14-30(28)11-27(1)29)34-18-24-8-25(19-34)10-26(9-24)20-34/h1-4,11-14,21-26H,5-10,15-20H2. The molecule has 0 aliphatic heterocycles. The normalized spacial score (nSPS) is 43.9. The van der Waals surface area contributed by atoms with Crippen molar-refractivity contribution in [1.82, 2.24) is 0 Å². The Kier molecular flexibility index (Phi) is 3.70. The van der Waals surface area contributed by atoms with Crippen LogP contribution in [0.15, 0.2) is 48.5 Å². The lowest BCUT2D eigenvalue weighted by Gasteiger charge is -2.57. The van der Waals surface area contributed by atoms with E-state index in [-0.39, 0.29) is 0 Å². The van der Waals surface area contributed by atoms with Crippen molar-refractivity contribution < 1.29 is 0 Å². The maximum Gasteiger partial charge on any atom is -0.00388 e. The summed E-state index contributed by atoms with van der Waals surface area (Å²) in [4.78, 5) is 0. The van der Waals surface area contributed by atoms with Gasteiger partial charge in [0.05, 0.1) is 0 Å². The van der Waals surface area contributed by atoms with Crippen LogP contribution in [0.1, 0.15) is 88.2 Å². The van der Waals surface area contributed by atoms with Crippen LogP contribution in [0.4, 0.5) is 0 Å². The van der Waals surface area contributed by atoms with Crippen LogP contribution in [0.5, 0.6) is 0 Å². The molecule has 0 nitrogen and oxygen atoms in total. The van der Waals surface area contributed by atoms with Gasteiger partial charge >= 0.3 is 0 Å². The quantitative estimate of drug-likeness (QED) is 0.345. The second-order valence-corrected chi connectivity index (χ2v) is 14.4. The van der Waals surface area contributed by atoms with Crippen LogP contribution in [0, 0.1) is 35.5 Å². The average molecular weight is 447 g/mol. The molecule has 3 aromatic carbocycles. The van der Waals surface area contributed by atoms with E-state index >= 15 is 0 Å². The van der Waals surface area contributed by atoms with Gasteiger partial charge in [-0.05, 0) is 168 Å². The zero-order valence-electron chi connectivity index (χ0n) is 20.6. The molecule has 0 spiro atoms. The van der Waals surface area contributed by atoms with Gasteiger partial charge in [-0.15, -0.1) is 0 Å². The average Bonchev–Trinajstić information content (AvgIpc) is 2.80. The maximum absolute atomic E-state index is 2.61. The predicted octanol–water partition coefficient (Wildman–Crippen LogP) is 8.93. The molecule has 174 valence electrons. The van der Waals surface area contributed by atoms with Crippen LogP contribution in [0.25, 0.3) is 21.5 Å². The SMILES string of the molecule is c1cc2cc3cc(C45CC6CC(CC(C6)C4)C5)ccc3cc2cc1C12CC3CC(CC(C3)C1)C2. The lowest BCUT2D eigenvalue weighted by Crippen LogP contribution is -2.48. The largest absolute Gasteiger partial charge is 0.0578 e. The zero-order chi connectivity index (χ0) is 22.1. The molecule has 0 N–H and O–H groups in total. The van der Waals surface area contributed by atoms with E-state index in [2.05, 4.69) is 48.5 Å². The summed E-state index contributed by atoms with van der Waals surface area (Å²) in [6.45, 7) is 0. The Hall–Kier alpha value is -1.82. The van der Waals surface area contributed by atoms with Crippen LogP contribution in [-0.2, 0) is 10.8 Å². The fourth-order valence-corrected chi connectivity index (χ4v) is 11.6. The van der Waals surface area contributed by atoms with Crippen LogP contribution in [-0.4, -0.2) is 0 Å². The Balaban J connectivity index is 1.11.